The lowest BCUT2D eigenvalue weighted by molar-refractivity contribution is -0.121. The number of anilines is 2. The largest absolute Gasteiger partial charge is 0.495 e. The van der Waals surface area contributed by atoms with Gasteiger partial charge in [0.25, 0.3) is 11.8 Å². The Kier molecular flexibility index (Phi) is 8.95. The van der Waals surface area contributed by atoms with Gasteiger partial charge in [0.1, 0.15) is 11.4 Å². The van der Waals surface area contributed by atoms with Gasteiger partial charge in [-0.15, -0.1) is 11.8 Å². The summed E-state index contributed by atoms with van der Waals surface area (Å²) >= 11 is 7.44. The second kappa shape index (κ2) is 13.4. The van der Waals surface area contributed by atoms with E-state index in [4.69, 9.17) is 25.8 Å². The molecule has 1 unspecified atom stereocenters. The molecule has 0 bridgehead atoms. The van der Waals surface area contributed by atoms with Crippen molar-refractivity contribution in [3.63, 3.8) is 0 Å². The summed E-state index contributed by atoms with van der Waals surface area (Å²) in [5.41, 5.74) is 1.78. The third-order valence-corrected chi connectivity index (χ3v) is 8.58. The number of benzene rings is 4. The first kappa shape index (κ1) is 30.8. The van der Waals surface area contributed by atoms with Crippen LogP contribution in [-0.2, 0) is 14.4 Å². The van der Waals surface area contributed by atoms with E-state index in [1.807, 2.05) is 0 Å². The van der Waals surface area contributed by atoms with E-state index >= 15 is 0 Å². The third-order valence-electron chi connectivity index (χ3n) is 7.11. The van der Waals surface area contributed by atoms with Crippen LogP contribution >= 0.6 is 23.4 Å². The molecule has 46 heavy (non-hydrogen) atoms. The molecule has 2 N–H and O–H groups in total. The zero-order valence-electron chi connectivity index (χ0n) is 24.3. The lowest BCUT2D eigenvalue weighted by Gasteiger charge is -2.16. The minimum Gasteiger partial charge on any atom is -0.495 e. The van der Waals surface area contributed by atoms with Crippen LogP contribution in [0.4, 0.5) is 11.4 Å². The van der Waals surface area contributed by atoms with Crippen LogP contribution in [0.2, 0.25) is 5.02 Å². The summed E-state index contributed by atoms with van der Waals surface area (Å²) in [5, 5.41) is 5.15. The van der Waals surface area contributed by atoms with Gasteiger partial charge in [0.2, 0.25) is 18.6 Å². The van der Waals surface area contributed by atoms with Crippen LogP contribution < -0.4 is 29.7 Å². The second-order valence-corrected chi connectivity index (χ2v) is 11.9. The second-order valence-electron chi connectivity index (χ2n) is 10.2. The maximum atomic E-state index is 13.6. The molecule has 0 spiro atoms. The van der Waals surface area contributed by atoms with E-state index in [0.717, 1.165) is 4.90 Å². The minimum atomic E-state index is -0.675. The maximum absolute atomic E-state index is 13.6. The van der Waals surface area contributed by atoms with Crippen LogP contribution in [0.5, 0.6) is 17.2 Å². The molecule has 0 saturated carbocycles. The first-order valence-corrected chi connectivity index (χ1v) is 15.3. The number of fused-ring (bicyclic) bond motifs is 1. The summed E-state index contributed by atoms with van der Waals surface area (Å²) in [6, 6.07) is 25.3. The highest BCUT2D eigenvalue weighted by atomic mass is 35.5. The number of ether oxygens (including phenoxy) is 3. The highest BCUT2D eigenvalue weighted by molar-refractivity contribution is 8.00. The number of nitrogens with zero attached hydrogens (tertiary/aromatic N) is 1. The molecule has 1 fully saturated rings. The molecule has 0 radical (unpaired) electrons. The van der Waals surface area contributed by atoms with Gasteiger partial charge in [0.05, 0.1) is 23.1 Å². The molecule has 12 heteroatoms. The molecule has 232 valence electrons. The molecule has 1 saturated heterocycles. The van der Waals surface area contributed by atoms with Crippen molar-refractivity contribution < 1.29 is 33.4 Å². The number of rotatable bonds is 9. The summed E-state index contributed by atoms with van der Waals surface area (Å²) in [5.74, 6) is -0.199. The van der Waals surface area contributed by atoms with Crippen molar-refractivity contribution in [1.82, 2.24) is 5.32 Å². The Morgan fingerprint density at radius 3 is 2.54 bits per heavy atom. The maximum Gasteiger partial charge on any atom is 0.272 e. The fraction of sp³-hybridized carbons (Fsp3) is 0.118. The number of hydrogen-bond acceptors (Lipinski definition) is 8. The van der Waals surface area contributed by atoms with Crippen molar-refractivity contribution in [2.24, 2.45) is 0 Å². The molecule has 2 aliphatic rings. The zero-order chi connectivity index (χ0) is 32.2. The standard InChI is InChI=1S/C34H26ClN3O7S/c1-43-27-13-11-23(17-25(27)35)38-31(39)18-30(34(38)42)46-24-9-5-8-22(16-24)36-33(41)26(37-32(40)21-6-3-2-4-7-21)14-20-10-12-28-29(15-20)45-19-44-28/h2-17,30H,18-19H2,1H3,(H,36,41)(H,37,40). The fourth-order valence-corrected chi connectivity index (χ4v) is 6.25. The number of nitrogens with one attached hydrogen (secondary N) is 2. The van der Waals surface area contributed by atoms with Crippen molar-refractivity contribution in [1.29, 1.82) is 0 Å². The highest BCUT2D eigenvalue weighted by Crippen LogP contribution is 2.37. The zero-order valence-corrected chi connectivity index (χ0v) is 25.9. The minimum absolute atomic E-state index is 0.00231. The van der Waals surface area contributed by atoms with E-state index in [-0.39, 0.29) is 35.7 Å². The Hall–Kier alpha value is -5.26. The van der Waals surface area contributed by atoms with Crippen molar-refractivity contribution in [2.45, 2.75) is 16.6 Å². The molecule has 4 aromatic carbocycles. The van der Waals surface area contributed by atoms with Gasteiger partial charge in [0.15, 0.2) is 11.5 Å². The van der Waals surface area contributed by atoms with Gasteiger partial charge in [-0.25, -0.2) is 4.90 Å². The van der Waals surface area contributed by atoms with Gasteiger partial charge in [-0.1, -0.05) is 41.9 Å². The van der Waals surface area contributed by atoms with Crippen LogP contribution in [0.25, 0.3) is 6.08 Å². The summed E-state index contributed by atoms with van der Waals surface area (Å²) in [7, 11) is 1.48. The van der Waals surface area contributed by atoms with Gasteiger partial charge in [-0.3, -0.25) is 19.2 Å². The molecule has 10 nitrogen and oxygen atoms in total. The number of methoxy groups -OCH3 is 1. The molecule has 2 aliphatic heterocycles. The molecular formula is C34H26ClN3O7S. The first-order chi connectivity index (χ1) is 22.3. The van der Waals surface area contributed by atoms with Crippen LogP contribution in [0.15, 0.2) is 102 Å². The van der Waals surface area contributed by atoms with E-state index in [9.17, 15) is 19.2 Å². The van der Waals surface area contributed by atoms with Crippen molar-refractivity contribution >= 4 is 64.4 Å². The number of hydrogen-bond donors (Lipinski definition) is 2. The van der Waals surface area contributed by atoms with E-state index < -0.39 is 17.1 Å². The van der Waals surface area contributed by atoms with Crippen molar-refractivity contribution in [2.75, 3.05) is 24.1 Å². The quantitative estimate of drug-likeness (QED) is 0.169. The summed E-state index contributed by atoms with van der Waals surface area (Å²) in [4.78, 5) is 54.5. The van der Waals surface area contributed by atoms with Gasteiger partial charge >= 0.3 is 0 Å². The van der Waals surface area contributed by atoms with E-state index in [1.165, 1.54) is 24.9 Å². The van der Waals surface area contributed by atoms with E-state index in [0.29, 0.717) is 44.6 Å². The van der Waals surface area contributed by atoms with Crippen molar-refractivity contribution in [3.05, 3.63) is 113 Å². The predicted octanol–water partition coefficient (Wildman–Crippen LogP) is 5.91. The Morgan fingerprint density at radius 1 is 0.957 bits per heavy atom. The van der Waals surface area contributed by atoms with E-state index in [1.54, 1.807) is 91.0 Å². The highest BCUT2D eigenvalue weighted by Gasteiger charge is 2.40. The molecule has 1 atom stereocenters. The smallest absolute Gasteiger partial charge is 0.272 e. The Bertz CT molecular complexity index is 1880. The molecule has 4 aromatic rings. The number of carbonyl (C=O) groups is 4. The predicted molar refractivity (Wildman–Crippen MR) is 174 cm³/mol. The number of amides is 4. The topological polar surface area (TPSA) is 123 Å². The summed E-state index contributed by atoms with van der Waals surface area (Å²) in [6.45, 7) is 0.101. The van der Waals surface area contributed by atoms with Gasteiger partial charge < -0.3 is 24.8 Å². The van der Waals surface area contributed by atoms with Crippen LogP contribution in [-0.4, -0.2) is 42.8 Å². The van der Waals surface area contributed by atoms with Crippen LogP contribution in [0.3, 0.4) is 0 Å². The lowest BCUT2D eigenvalue weighted by Crippen LogP contribution is -2.31. The Morgan fingerprint density at radius 2 is 1.76 bits per heavy atom. The van der Waals surface area contributed by atoms with Crippen LogP contribution in [0.1, 0.15) is 22.3 Å². The summed E-state index contributed by atoms with van der Waals surface area (Å²) < 4.78 is 16.0. The third kappa shape index (κ3) is 6.70. The molecular weight excluding hydrogens is 630 g/mol. The number of halogens is 1. The van der Waals surface area contributed by atoms with Gasteiger partial charge in [-0.05, 0) is 72.3 Å². The molecule has 2 heterocycles. The summed E-state index contributed by atoms with van der Waals surface area (Å²) in [6.07, 6.45) is 1.54. The normalized spacial score (nSPS) is 15.6. The van der Waals surface area contributed by atoms with Crippen molar-refractivity contribution in [3.8, 4) is 17.2 Å². The average Bonchev–Trinajstić information content (AvgIpc) is 3.63. The number of thioether (sulfide) groups is 1. The number of carbonyl (C=O) groups excluding carboxylic acids is 4. The first-order valence-electron chi connectivity index (χ1n) is 14.1. The monoisotopic (exact) mass is 655 g/mol. The van der Waals surface area contributed by atoms with Gasteiger partial charge in [0, 0.05) is 22.6 Å². The molecule has 6 rings (SSSR count). The SMILES string of the molecule is COc1ccc(N2C(=O)CC(Sc3cccc(NC(=O)C(=Cc4ccc5c(c4)OCO5)NC(=O)c4ccccc4)c3)C2=O)cc1Cl. The molecule has 4 amide bonds. The molecule has 0 aliphatic carbocycles. The van der Waals surface area contributed by atoms with Crippen LogP contribution in [0, 0.1) is 0 Å². The average molecular weight is 656 g/mol. The number of imide groups is 1. The molecule has 0 aromatic heterocycles. The van der Waals surface area contributed by atoms with E-state index in [2.05, 4.69) is 10.6 Å². The Labute approximate surface area is 273 Å². The van der Waals surface area contributed by atoms with Gasteiger partial charge in [-0.2, -0.15) is 0 Å². The fourth-order valence-electron chi connectivity index (χ4n) is 4.88. The Balaban J connectivity index is 1.19. The lowest BCUT2D eigenvalue weighted by atomic mass is 10.1.